The molecule has 3 aromatic rings. The summed E-state index contributed by atoms with van der Waals surface area (Å²) in [5.41, 5.74) is 1.15. The van der Waals surface area contributed by atoms with Crippen molar-refractivity contribution >= 4 is 42.6 Å². The number of hydrogen-bond donors (Lipinski definition) is 4. The topological polar surface area (TPSA) is 111 Å². The van der Waals surface area contributed by atoms with Crippen LogP contribution in [-0.4, -0.2) is 94.4 Å². The van der Waals surface area contributed by atoms with Crippen molar-refractivity contribution in [2.75, 3.05) is 56.8 Å². The van der Waals surface area contributed by atoms with Gasteiger partial charge in [-0.1, -0.05) is 24.0 Å². The van der Waals surface area contributed by atoms with Gasteiger partial charge in [0.05, 0.1) is 53.4 Å². The SMILES string of the molecule is COc1cc(S(C)(=O)=O)c(F)cc1NCC#Cc1sc2c(NC3CCN(CC(O)CO)CC3F)cccc2c1CC(F)F. The zero-order valence-corrected chi connectivity index (χ0v) is 25.2. The number of β-amino-alcohol motifs (C(OH)–C–C–N with tert-alkyl or cyclic N) is 1. The van der Waals surface area contributed by atoms with Crippen LogP contribution in [0.1, 0.15) is 16.9 Å². The van der Waals surface area contributed by atoms with Gasteiger partial charge in [0.2, 0.25) is 6.43 Å². The van der Waals surface area contributed by atoms with Crippen molar-refractivity contribution < 1.29 is 40.9 Å². The van der Waals surface area contributed by atoms with E-state index in [-0.39, 0.29) is 31.1 Å². The summed E-state index contributed by atoms with van der Waals surface area (Å²) in [6.45, 7) is 0.353. The second kappa shape index (κ2) is 14.1. The van der Waals surface area contributed by atoms with Crippen molar-refractivity contribution in [1.29, 1.82) is 0 Å². The molecule has 1 aromatic heterocycles. The van der Waals surface area contributed by atoms with Crippen LogP contribution in [0, 0.1) is 17.7 Å². The van der Waals surface area contributed by atoms with Crippen molar-refractivity contribution in [3.63, 3.8) is 0 Å². The molecule has 4 rings (SSSR count). The van der Waals surface area contributed by atoms with Gasteiger partial charge in [-0.2, -0.15) is 0 Å². The third kappa shape index (κ3) is 8.10. The average molecular weight is 644 g/mol. The van der Waals surface area contributed by atoms with Gasteiger partial charge < -0.3 is 25.6 Å². The van der Waals surface area contributed by atoms with Crippen LogP contribution in [0.3, 0.4) is 0 Å². The van der Waals surface area contributed by atoms with E-state index in [0.29, 0.717) is 39.2 Å². The zero-order chi connectivity index (χ0) is 31.3. The van der Waals surface area contributed by atoms with E-state index in [1.807, 2.05) is 0 Å². The highest BCUT2D eigenvalue weighted by atomic mass is 32.2. The number of thiophene rings is 1. The Balaban J connectivity index is 1.55. The molecule has 2 aromatic carbocycles. The van der Waals surface area contributed by atoms with E-state index in [9.17, 15) is 26.7 Å². The Morgan fingerprint density at radius 2 is 2.02 bits per heavy atom. The second-order valence-electron chi connectivity index (χ2n) is 10.2. The molecule has 1 aliphatic heterocycles. The Morgan fingerprint density at radius 1 is 1.26 bits per heavy atom. The summed E-state index contributed by atoms with van der Waals surface area (Å²) in [5.74, 6) is 4.93. The summed E-state index contributed by atoms with van der Waals surface area (Å²) >= 11 is 1.21. The minimum atomic E-state index is -3.81. The van der Waals surface area contributed by atoms with E-state index in [1.54, 1.807) is 23.1 Å². The van der Waals surface area contributed by atoms with Gasteiger partial charge in [-0.05, 0) is 23.4 Å². The molecule has 3 atom stereocenters. The van der Waals surface area contributed by atoms with Crippen LogP contribution in [0.4, 0.5) is 28.9 Å². The van der Waals surface area contributed by atoms with E-state index in [0.717, 1.165) is 18.4 Å². The molecule has 2 heterocycles. The van der Waals surface area contributed by atoms with Crippen LogP contribution in [-0.2, 0) is 16.3 Å². The number of alkyl halides is 3. The molecule has 1 saturated heterocycles. The number of likely N-dealkylation sites (tertiary alicyclic amines) is 1. The van der Waals surface area contributed by atoms with Crippen LogP contribution in [0.2, 0.25) is 0 Å². The number of halogens is 4. The van der Waals surface area contributed by atoms with Crippen LogP contribution < -0.4 is 15.4 Å². The standard InChI is InChI=1S/C29H33F4N3O5S2/c1-41-25-13-27(43(2,39)40)20(30)12-24(25)34-9-4-7-26-19(11-28(32)33)18-5-3-6-23(29(18)42-26)35-22-8-10-36(15-21(22)31)14-17(38)16-37/h3,5-6,12-13,17,21-22,28,34-35,37-38H,8-11,14-16H2,1-2H3. The van der Waals surface area contributed by atoms with Crippen LogP contribution in [0.25, 0.3) is 10.1 Å². The maximum absolute atomic E-state index is 15.1. The fourth-order valence-electron chi connectivity index (χ4n) is 4.98. The van der Waals surface area contributed by atoms with Crippen molar-refractivity contribution in [2.24, 2.45) is 0 Å². The lowest BCUT2D eigenvalue weighted by Gasteiger charge is -2.36. The Bertz CT molecular complexity index is 1610. The van der Waals surface area contributed by atoms with Crippen molar-refractivity contribution in [3.8, 4) is 17.6 Å². The number of hydrogen-bond acceptors (Lipinski definition) is 9. The first-order chi connectivity index (χ1) is 20.4. The van der Waals surface area contributed by atoms with Crippen LogP contribution in [0.5, 0.6) is 5.75 Å². The Kier molecular flexibility index (Phi) is 10.8. The Morgan fingerprint density at radius 3 is 2.67 bits per heavy atom. The monoisotopic (exact) mass is 643 g/mol. The highest BCUT2D eigenvalue weighted by Gasteiger charge is 2.30. The van der Waals surface area contributed by atoms with Crippen LogP contribution in [0.15, 0.2) is 35.2 Å². The smallest absolute Gasteiger partial charge is 0.242 e. The van der Waals surface area contributed by atoms with Gasteiger partial charge in [-0.15, -0.1) is 11.3 Å². The number of rotatable bonds is 11. The molecular formula is C29H33F4N3O5S2. The second-order valence-corrected chi connectivity index (χ2v) is 13.3. The first-order valence-electron chi connectivity index (χ1n) is 13.5. The predicted octanol–water partition coefficient (Wildman–Crippen LogP) is 3.90. The number of piperidine rings is 1. The molecule has 0 saturated carbocycles. The number of anilines is 2. The molecule has 8 nitrogen and oxygen atoms in total. The molecule has 234 valence electrons. The van der Waals surface area contributed by atoms with E-state index < -0.39 is 58.3 Å². The molecule has 0 radical (unpaired) electrons. The number of sulfone groups is 1. The van der Waals surface area contributed by atoms with Crippen molar-refractivity contribution in [3.05, 3.63) is 46.6 Å². The first-order valence-corrected chi connectivity index (χ1v) is 16.2. The molecular weight excluding hydrogens is 610 g/mol. The lowest BCUT2D eigenvalue weighted by molar-refractivity contribution is 0.0365. The van der Waals surface area contributed by atoms with Gasteiger partial charge in [0.25, 0.3) is 0 Å². The summed E-state index contributed by atoms with van der Waals surface area (Å²) in [6.07, 6.45) is -4.01. The summed E-state index contributed by atoms with van der Waals surface area (Å²) in [4.78, 5) is 1.67. The number of nitrogens with zero attached hydrogens (tertiary/aromatic N) is 1. The molecule has 14 heteroatoms. The van der Waals surface area contributed by atoms with Gasteiger partial charge >= 0.3 is 0 Å². The number of benzene rings is 2. The normalized spacial score (nSPS) is 18.3. The summed E-state index contributed by atoms with van der Waals surface area (Å²) in [6, 6.07) is 6.74. The van der Waals surface area contributed by atoms with E-state index >= 15 is 4.39 Å². The molecule has 0 bridgehead atoms. The Labute approximate surface area is 251 Å². The molecule has 1 fully saturated rings. The highest BCUT2D eigenvalue weighted by molar-refractivity contribution is 7.90. The fourth-order valence-corrected chi connectivity index (χ4v) is 6.90. The molecule has 0 spiro atoms. The highest BCUT2D eigenvalue weighted by Crippen LogP contribution is 2.38. The molecule has 43 heavy (non-hydrogen) atoms. The fraction of sp³-hybridized carbons (Fsp3) is 0.448. The molecule has 0 aliphatic carbocycles. The Hall–Kier alpha value is -3.09. The van der Waals surface area contributed by atoms with Gasteiger partial charge in [0.1, 0.15) is 22.6 Å². The van der Waals surface area contributed by atoms with Gasteiger partial charge in [0.15, 0.2) is 9.84 Å². The van der Waals surface area contributed by atoms with Crippen LogP contribution >= 0.6 is 11.3 Å². The predicted molar refractivity (Wildman–Crippen MR) is 159 cm³/mol. The van der Waals surface area contributed by atoms with Crippen molar-refractivity contribution in [2.45, 2.75) is 42.5 Å². The zero-order valence-electron chi connectivity index (χ0n) is 23.5. The molecule has 3 unspecified atom stereocenters. The van der Waals surface area contributed by atoms with E-state index in [1.165, 1.54) is 18.4 Å². The number of methoxy groups -OCH3 is 1. The number of nitrogens with one attached hydrogen (secondary N) is 2. The van der Waals surface area contributed by atoms with Gasteiger partial charge in [-0.3, -0.25) is 4.90 Å². The maximum Gasteiger partial charge on any atom is 0.242 e. The third-order valence-corrected chi connectivity index (χ3v) is 9.35. The number of ether oxygens (including phenoxy) is 1. The molecule has 1 aliphatic rings. The third-order valence-electron chi connectivity index (χ3n) is 7.05. The largest absolute Gasteiger partial charge is 0.495 e. The lowest BCUT2D eigenvalue weighted by atomic mass is 10.0. The van der Waals surface area contributed by atoms with Crippen molar-refractivity contribution in [1.82, 2.24) is 4.90 Å². The lowest BCUT2D eigenvalue weighted by Crippen LogP contribution is -2.50. The minimum Gasteiger partial charge on any atom is -0.495 e. The first kappa shape index (κ1) is 32.8. The molecule has 4 N–H and O–H groups in total. The summed E-state index contributed by atoms with van der Waals surface area (Å²) < 4.78 is 86.1. The van der Waals surface area contributed by atoms with Gasteiger partial charge in [-0.25, -0.2) is 26.0 Å². The number of aliphatic hydroxyl groups excluding tert-OH is 2. The summed E-state index contributed by atoms with van der Waals surface area (Å²) in [7, 11) is -2.50. The summed E-state index contributed by atoms with van der Waals surface area (Å²) in [5, 5.41) is 25.4. The van der Waals surface area contributed by atoms with E-state index in [2.05, 4.69) is 22.5 Å². The molecule has 0 amide bonds. The maximum atomic E-state index is 15.1. The minimum absolute atomic E-state index is 0.0193. The number of aliphatic hydroxyl groups is 2. The van der Waals surface area contributed by atoms with Gasteiger partial charge in [0, 0.05) is 44.4 Å². The number of fused-ring (bicyclic) bond motifs is 1. The average Bonchev–Trinajstić information content (AvgIpc) is 3.29. The quantitative estimate of drug-likeness (QED) is 0.184. The van der Waals surface area contributed by atoms with E-state index in [4.69, 9.17) is 9.84 Å².